The lowest BCUT2D eigenvalue weighted by Crippen LogP contribution is -2.46. The van der Waals surface area contributed by atoms with Gasteiger partial charge in [-0.15, -0.1) is 24.0 Å². The van der Waals surface area contributed by atoms with E-state index in [1.54, 1.807) is 0 Å². The van der Waals surface area contributed by atoms with Crippen molar-refractivity contribution in [3.05, 3.63) is 59.7 Å². The zero-order valence-electron chi connectivity index (χ0n) is 15.6. The van der Waals surface area contributed by atoms with Crippen LogP contribution in [0.1, 0.15) is 23.6 Å². The van der Waals surface area contributed by atoms with Gasteiger partial charge < -0.3 is 10.6 Å². The number of guanidine groups is 1. The van der Waals surface area contributed by atoms with Gasteiger partial charge in [0.15, 0.2) is 5.96 Å². The van der Waals surface area contributed by atoms with Crippen LogP contribution < -0.4 is 10.6 Å². The number of aryl methyl sites for hydroxylation is 2. The fourth-order valence-corrected chi connectivity index (χ4v) is 3.57. The van der Waals surface area contributed by atoms with Crippen LogP contribution in [0, 0.1) is 6.92 Å². The summed E-state index contributed by atoms with van der Waals surface area (Å²) in [6, 6.07) is 15.2. The fourth-order valence-electron chi connectivity index (χ4n) is 3.57. The molecule has 1 atom stereocenters. The van der Waals surface area contributed by atoms with E-state index in [4.69, 9.17) is 0 Å². The maximum Gasteiger partial charge on any atom is 0.191 e. The first-order valence-electron chi connectivity index (χ1n) is 9.07. The normalized spacial score (nSPS) is 16.5. The highest BCUT2D eigenvalue weighted by atomic mass is 127. The molecule has 0 saturated carbocycles. The van der Waals surface area contributed by atoms with E-state index in [0.717, 1.165) is 43.5 Å². The van der Waals surface area contributed by atoms with E-state index in [2.05, 4.69) is 68.2 Å². The Morgan fingerprint density at radius 3 is 2.89 bits per heavy atom. The summed E-state index contributed by atoms with van der Waals surface area (Å²) in [4.78, 5) is 8.86. The zero-order chi connectivity index (χ0) is 17.9. The highest BCUT2D eigenvalue weighted by Gasteiger charge is 2.21. The Morgan fingerprint density at radius 1 is 1.22 bits per heavy atom. The molecule has 1 unspecified atom stereocenters. The number of hydrogen-bond acceptors (Lipinski definition) is 3. The number of halogens is 1. The lowest BCUT2D eigenvalue weighted by Gasteiger charge is -2.25. The van der Waals surface area contributed by atoms with Crippen molar-refractivity contribution >= 4 is 40.7 Å². The minimum absolute atomic E-state index is 0. The Bertz CT molecular complexity index is 943. The molecule has 27 heavy (non-hydrogen) atoms. The number of benzene rings is 2. The zero-order valence-corrected chi connectivity index (χ0v) is 18.0. The van der Waals surface area contributed by atoms with Crippen molar-refractivity contribution in [3.8, 4) is 0 Å². The molecule has 1 aliphatic heterocycles. The summed E-state index contributed by atoms with van der Waals surface area (Å²) in [6.45, 7) is 3.50. The van der Waals surface area contributed by atoms with Crippen LogP contribution in [0.4, 0.5) is 0 Å². The van der Waals surface area contributed by atoms with E-state index >= 15 is 0 Å². The predicted molar refractivity (Wildman–Crippen MR) is 120 cm³/mol. The molecule has 1 aromatic heterocycles. The third kappa shape index (κ3) is 4.40. The van der Waals surface area contributed by atoms with Crippen molar-refractivity contribution in [1.82, 2.24) is 25.4 Å². The summed E-state index contributed by atoms with van der Waals surface area (Å²) in [5, 5.41) is 14.0. The van der Waals surface area contributed by atoms with Gasteiger partial charge in [-0.05, 0) is 29.7 Å². The molecule has 142 valence electrons. The Hall–Kier alpha value is -2.16. The molecule has 3 aromatic rings. The van der Waals surface area contributed by atoms with Crippen LogP contribution in [0.5, 0.6) is 0 Å². The van der Waals surface area contributed by atoms with Crippen molar-refractivity contribution < 1.29 is 0 Å². The molecular weight excluding hydrogens is 451 g/mol. The fraction of sp³-hybridized carbons (Fsp3) is 0.350. The minimum atomic E-state index is 0. The molecular formula is C20H25IN6. The van der Waals surface area contributed by atoms with Gasteiger partial charge in [-0.1, -0.05) is 42.5 Å². The largest absolute Gasteiger partial charge is 0.352 e. The molecule has 4 rings (SSSR count). The standard InChI is InChI=1S/C20H24N6.HI/c1-14-23-19-11-10-17(13-26(19)25-14)24-20(21-2)22-12-16-8-5-7-15-6-3-4-9-18(15)16;/h3-9,17H,10-13H2,1-2H3,(H2,21,22,24);1H. The second-order valence-corrected chi connectivity index (χ2v) is 6.70. The van der Waals surface area contributed by atoms with Crippen LogP contribution in [-0.2, 0) is 19.5 Å². The number of aromatic nitrogens is 3. The third-order valence-corrected chi connectivity index (χ3v) is 4.85. The van der Waals surface area contributed by atoms with Gasteiger partial charge in [0.05, 0.1) is 6.54 Å². The summed E-state index contributed by atoms with van der Waals surface area (Å²) in [6.07, 6.45) is 1.98. The average molecular weight is 476 g/mol. The predicted octanol–water partition coefficient (Wildman–Crippen LogP) is 3.04. The van der Waals surface area contributed by atoms with Crippen molar-refractivity contribution in [2.24, 2.45) is 4.99 Å². The average Bonchev–Trinajstić information content (AvgIpc) is 3.04. The van der Waals surface area contributed by atoms with Crippen molar-refractivity contribution in [2.45, 2.75) is 38.9 Å². The summed E-state index contributed by atoms with van der Waals surface area (Å²) in [5.41, 5.74) is 1.27. The summed E-state index contributed by atoms with van der Waals surface area (Å²) in [7, 11) is 1.81. The van der Waals surface area contributed by atoms with E-state index in [-0.39, 0.29) is 24.0 Å². The maximum absolute atomic E-state index is 4.47. The smallest absolute Gasteiger partial charge is 0.191 e. The second-order valence-electron chi connectivity index (χ2n) is 6.70. The number of hydrogen-bond donors (Lipinski definition) is 2. The van der Waals surface area contributed by atoms with Gasteiger partial charge in [-0.25, -0.2) is 9.67 Å². The molecule has 2 heterocycles. The number of nitrogens with one attached hydrogen (secondary N) is 2. The van der Waals surface area contributed by atoms with E-state index in [9.17, 15) is 0 Å². The molecule has 0 fully saturated rings. The molecule has 0 spiro atoms. The first kappa shape index (κ1) is 19.6. The van der Waals surface area contributed by atoms with Gasteiger partial charge in [0.1, 0.15) is 11.6 Å². The van der Waals surface area contributed by atoms with Crippen molar-refractivity contribution in [3.63, 3.8) is 0 Å². The molecule has 7 heteroatoms. The molecule has 0 bridgehead atoms. The molecule has 0 aliphatic carbocycles. The SMILES string of the molecule is CN=C(NCc1cccc2ccccc12)NC1CCc2nc(C)nn2C1.I. The molecule has 6 nitrogen and oxygen atoms in total. The third-order valence-electron chi connectivity index (χ3n) is 4.85. The van der Waals surface area contributed by atoms with Gasteiger partial charge in [-0.3, -0.25) is 4.99 Å². The molecule has 2 N–H and O–H groups in total. The topological polar surface area (TPSA) is 67.1 Å². The Labute approximate surface area is 176 Å². The van der Waals surface area contributed by atoms with Crippen molar-refractivity contribution in [2.75, 3.05) is 7.05 Å². The molecule has 0 saturated heterocycles. The second kappa shape index (κ2) is 8.69. The van der Waals surface area contributed by atoms with Gasteiger partial charge in [0.2, 0.25) is 0 Å². The molecule has 2 aromatic carbocycles. The van der Waals surface area contributed by atoms with Gasteiger partial charge in [0, 0.05) is 26.1 Å². The van der Waals surface area contributed by atoms with Crippen LogP contribution in [0.15, 0.2) is 47.5 Å². The Kier molecular flexibility index (Phi) is 6.30. The van der Waals surface area contributed by atoms with E-state index in [0.29, 0.717) is 6.04 Å². The highest BCUT2D eigenvalue weighted by Crippen LogP contribution is 2.18. The van der Waals surface area contributed by atoms with Crippen LogP contribution >= 0.6 is 24.0 Å². The Balaban J connectivity index is 0.00000210. The van der Waals surface area contributed by atoms with Crippen LogP contribution in [0.3, 0.4) is 0 Å². The Morgan fingerprint density at radius 2 is 2.04 bits per heavy atom. The molecule has 1 aliphatic rings. The first-order valence-corrected chi connectivity index (χ1v) is 9.07. The summed E-state index contributed by atoms with van der Waals surface area (Å²) >= 11 is 0. The van der Waals surface area contributed by atoms with E-state index < -0.39 is 0 Å². The highest BCUT2D eigenvalue weighted by molar-refractivity contribution is 14.0. The number of rotatable bonds is 3. The van der Waals surface area contributed by atoms with E-state index in [1.807, 2.05) is 18.7 Å². The lowest BCUT2D eigenvalue weighted by atomic mass is 10.0. The first-order chi connectivity index (χ1) is 12.7. The monoisotopic (exact) mass is 476 g/mol. The summed E-state index contributed by atoms with van der Waals surface area (Å²) < 4.78 is 2.01. The van der Waals surface area contributed by atoms with Gasteiger partial charge in [0.25, 0.3) is 0 Å². The van der Waals surface area contributed by atoms with Gasteiger partial charge in [-0.2, -0.15) is 5.10 Å². The van der Waals surface area contributed by atoms with Gasteiger partial charge >= 0.3 is 0 Å². The van der Waals surface area contributed by atoms with Crippen LogP contribution in [0.25, 0.3) is 10.8 Å². The van der Waals surface area contributed by atoms with E-state index in [1.165, 1.54) is 16.3 Å². The number of fused-ring (bicyclic) bond motifs is 2. The lowest BCUT2D eigenvalue weighted by molar-refractivity contribution is 0.392. The van der Waals surface area contributed by atoms with Crippen molar-refractivity contribution in [1.29, 1.82) is 0 Å². The summed E-state index contributed by atoms with van der Waals surface area (Å²) in [5.74, 6) is 2.75. The number of nitrogens with zero attached hydrogens (tertiary/aromatic N) is 4. The van der Waals surface area contributed by atoms with Crippen LogP contribution in [0.2, 0.25) is 0 Å². The number of aliphatic imine (C=N–C) groups is 1. The quantitative estimate of drug-likeness (QED) is 0.347. The maximum atomic E-state index is 4.47. The minimum Gasteiger partial charge on any atom is -0.352 e. The molecule has 0 radical (unpaired) electrons. The van der Waals surface area contributed by atoms with Crippen LogP contribution in [-0.4, -0.2) is 33.8 Å². The molecule has 0 amide bonds.